The second-order valence-electron chi connectivity index (χ2n) is 1.03. The Hall–Kier alpha value is 0.110. The van der Waals surface area contributed by atoms with Crippen LogP contribution in [-0.2, 0) is 9.53 Å². The van der Waals surface area contributed by atoms with Gasteiger partial charge in [0.15, 0.2) is 0 Å². The van der Waals surface area contributed by atoms with Gasteiger partial charge in [0.2, 0.25) is 0 Å². The van der Waals surface area contributed by atoms with Crippen molar-refractivity contribution in [1.82, 2.24) is 0 Å². The highest BCUT2D eigenvalue weighted by Crippen LogP contribution is 2.01. The number of ether oxygens (including phenoxy) is 1. The predicted octanol–water partition coefficient (Wildman–Crippen LogP) is 1.09. The van der Waals surface area contributed by atoms with E-state index in [9.17, 15) is 4.79 Å². The van der Waals surface area contributed by atoms with Crippen LogP contribution in [0.25, 0.3) is 0 Å². The third kappa shape index (κ3) is 4.27. The number of esters is 1. The quantitative estimate of drug-likeness (QED) is 0.450. The highest BCUT2D eigenvalue weighted by Gasteiger charge is 1.96. The molecular formula is C4H7ClO2S. The minimum Gasteiger partial charge on any atom is -0.468 e. The maximum Gasteiger partial charge on any atom is 0.315 e. The SMILES string of the molecule is COC(=O)CSCCl. The van der Waals surface area contributed by atoms with Crippen LogP contribution in [-0.4, -0.2) is 24.0 Å². The molecule has 0 aliphatic rings. The van der Waals surface area contributed by atoms with Crippen molar-refractivity contribution in [1.29, 1.82) is 0 Å². The third-order valence-electron chi connectivity index (χ3n) is 0.525. The molecule has 4 heteroatoms. The summed E-state index contributed by atoms with van der Waals surface area (Å²) in [5.41, 5.74) is 0. The molecule has 48 valence electrons. The highest BCUT2D eigenvalue weighted by atomic mass is 35.5. The Morgan fingerprint density at radius 1 is 1.88 bits per heavy atom. The maximum atomic E-state index is 10.3. The van der Waals surface area contributed by atoms with Crippen molar-refractivity contribution in [2.24, 2.45) is 0 Å². The number of halogens is 1. The smallest absolute Gasteiger partial charge is 0.315 e. The summed E-state index contributed by atoms with van der Waals surface area (Å²) in [7, 11) is 1.36. The highest BCUT2D eigenvalue weighted by molar-refractivity contribution is 8.00. The lowest BCUT2D eigenvalue weighted by atomic mass is 10.8. The molecule has 0 N–H and O–H groups in total. The second kappa shape index (κ2) is 5.25. The molecule has 0 aromatic rings. The van der Waals surface area contributed by atoms with Crippen LogP contribution >= 0.6 is 23.4 Å². The molecule has 0 amide bonds. The number of rotatable bonds is 3. The van der Waals surface area contributed by atoms with E-state index >= 15 is 0 Å². The zero-order chi connectivity index (χ0) is 6.41. The molecule has 2 nitrogen and oxygen atoms in total. The van der Waals surface area contributed by atoms with Crippen LogP contribution in [0.1, 0.15) is 0 Å². The summed E-state index contributed by atoms with van der Waals surface area (Å²) in [6.45, 7) is 0. The van der Waals surface area contributed by atoms with E-state index in [0.29, 0.717) is 11.0 Å². The molecule has 0 aromatic carbocycles. The van der Waals surface area contributed by atoms with Crippen molar-refractivity contribution in [3.63, 3.8) is 0 Å². The minimum atomic E-state index is -0.226. The lowest BCUT2D eigenvalue weighted by Gasteiger charge is -1.93. The lowest BCUT2D eigenvalue weighted by molar-refractivity contribution is -0.137. The van der Waals surface area contributed by atoms with Gasteiger partial charge in [-0.3, -0.25) is 4.79 Å². The van der Waals surface area contributed by atoms with Crippen LogP contribution in [0, 0.1) is 0 Å². The van der Waals surface area contributed by atoms with Gasteiger partial charge in [0.05, 0.1) is 18.1 Å². The van der Waals surface area contributed by atoms with Gasteiger partial charge in [0.1, 0.15) is 0 Å². The van der Waals surface area contributed by atoms with Crippen molar-refractivity contribution in [3.05, 3.63) is 0 Å². The lowest BCUT2D eigenvalue weighted by Crippen LogP contribution is -2.02. The molecule has 0 fully saturated rings. The van der Waals surface area contributed by atoms with E-state index in [0.717, 1.165) is 0 Å². The topological polar surface area (TPSA) is 26.3 Å². The normalized spacial score (nSPS) is 8.75. The number of hydrogen-bond donors (Lipinski definition) is 0. The Morgan fingerprint density at radius 3 is 2.88 bits per heavy atom. The summed E-state index contributed by atoms with van der Waals surface area (Å²) >= 11 is 6.59. The van der Waals surface area contributed by atoms with E-state index in [4.69, 9.17) is 11.6 Å². The van der Waals surface area contributed by atoms with Crippen LogP contribution in [0.15, 0.2) is 0 Å². The first-order valence-corrected chi connectivity index (χ1v) is 3.70. The predicted molar refractivity (Wildman–Crippen MR) is 35.2 cm³/mol. The molecule has 0 saturated heterocycles. The molecule has 0 spiro atoms. The molecule has 0 saturated carbocycles. The molecule has 0 aliphatic heterocycles. The summed E-state index contributed by atoms with van der Waals surface area (Å²) in [6.07, 6.45) is 0. The Balaban J connectivity index is 2.99. The molecule has 0 heterocycles. The van der Waals surface area contributed by atoms with Gasteiger partial charge in [-0.15, -0.1) is 23.4 Å². The van der Waals surface area contributed by atoms with Crippen molar-refractivity contribution in [2.45, 2.75) is 0 Å². The average Bonchev–Trinajstić information content (AvgIpc) is 1.83. The molecule has 8 heavy (non-hydrogen) atoms. The molecule has 0 aromatic heterocycles. The summed E-state index contributed by atoms with van der Waals surface area (Å²) in [5.74, 6) is 0.121. The van der Waals surface area contributed by atoms with E-state index in [1.54, 1.807) is 0 Å². The monoisotopic (exact) mass is 154 g/mol. The molecule has 0 bridgehead atoms. The number of alkyl halides is 1. The van der Waals surface area contributed by atoms with Crippen molar-refractivity contribution in [2.75, 3.05) is 18.1 Å². The Labute approximate surface area is 57.5 Å². The van der Waals surface area contributed by atoms with E-state index < -0.39 is 0 Å². The molecule has 0 radical (unpaired) electrons. The number of carbonyl (C=O) groups is 1. The maximum absolute atomic E-state index is 10.3. The molecule has 0 rings (SSSR count). The van der Waals surface area contributed by atoms with E-state index in [2.05, 4.69) is 4.74 Å². The summed E-state index contributed by atoms with van der Waals surface area (Å²) in [6, 6.07) is 0. The third-order valence-corrected chi connectivity index (χ3v) is 1.58. The van der Waals surface area contributed by atoms with Gasteiger partial charge in [-0.05, 0) is 0 Å². The van der Waals surface area contributed by atoms with Gasteiger partial charge in [-0.2, -0.15) is 0 Å². The fourth-order valence-electron chi connectivity index (χ4n) is 0.181. The Bertz CT molecular complexity index is 76.4. The average molecular weight is 155 g/mol. The molecule has 0 unspecified atom stereocenters. The first kappa shape index (κ1) is 8.11. The first-order chi connectivity index (χ1) is 3.81. The van der Waals surface area contributed by atoms with Crippen molar-refractivity contribution < 1.29 is 9.53 Å². The van der Waals surface area contributed by atoms with E-state index in [1.807, 2.05) is 0 Å². The van der Waals surface area contributed by atoms with Gasteiger partial charge in [0, 0.05) is 0 Å². The van der Waals surface area contributed by atoms with Gasteiger partial charge in [0.25, 0.3) is 0 Å². The van der Waals surface area contributed by atoms with Crippen LogP contribution in [0.4, 0.5) is 0 Å². The molecular weight excluding hydrogens is 148 g/mol. The van der Waals surface area contributed by atoms with Gasteiger partial charge >= 0.3 is 5.97 Å². The van der Waals surface area contributed by atoms with Gasteiger partial charge in [-0.25, -0.2) is 0 Å². The fourth-order valence-corrected chi connectivity index (χ4v) is 0.774. The molecule has 0 atom stereocenters. The van der Waals surface area contributed by atoms with Crippen LogP contribution in [0.3, 0.4) is 0 Å². The van der Waals surface area contributed by atoms with Gasteiger partial charge in [-0.1, -0.05) is 0 Å². The van der Waals surface area contributed by atoms with Gasteiger partial charge < -0.3 is 4.74 Å². The summed E-state index contributed by atoms with van der Waals surface area (Å²) in [4.78, 5) is 10.3. The minimum absolute atomic E-state index is 0.226. The Morgan fingerprint density at radius 2 is 2.50 bits per heavy atom. The number of hydrogen-bond acceptors (Lipinski definition) is 3. The van der Waals surface area contributed by atoms with Crippen molar-refractivity contribution in [3.8, 4) is 0 Å². The van der Waals surface area contributed by atoms with Crippen molar-refractivity contribution >= 4 is 29.3 Å². The Kier molecular flexibility index (Phi) is 5.32. The van der Waals surface area contributed by atoms with Crippen LogP contribution in [0.5, 0.6) is 0 Å². The van der Waals surface area contributed by atoms with E-state index in [-0.39, 0.29) is 5.97 Å². The van der Waals surface area contributed by atoms with Crippen LogP contribution in [0.2, 0.25) is 0 Å². The molecule has 0 aliphatic carbocycles. The summed E-state index contributed by atoms with van der Waals surface area (Å²) in [5, 5.41) is 0.440. The second-order valence-corrected chi connectivity index (χ2v) is 2.60. The zero-order valence-electron chi connectivity index (χ0n) is 4.52. The largest absolute Gasteiger partial charge is 0.468 e. The standard InChI is InChI=1S/C4H7ClO2S/c1-7-4(6)2-8-3-5/h2-3H2,1H3. The van der Waals surface area contributed by atoms with Crippen LogP contribution < -0.4 is 0 Å². The number of thioether (sulfide) groups is 1. The first-order valence-electron chi connectivity index (χ1n) is 2.01. The zero-order valence-corrected chi connectivity index (χ0v) is 6.09. The van der Waals surface area contributed by atoms with E-state index in [1.165, 1.54) is 18.9 Å². The summed E-state index contributed by atoms with van der Waals surface area (Å²) < 4.78 is 4.33. The number of carbonyl (C=O) groups excluding carboxylic acids is 1. The number of methoxy groups -OCH3 is 1. The fraction of sp³-hybridized carbons (Fsp3) is 0.750.